The van der Waals surface area contributed by atoms with Crippen LogP contribution in [0, 0.1) is 5.82 Å². The minimum Gasteiger partial charge on any atom is -0.478 e. The number of aliphatic carboxylic acids is 1. The van der Waals surface area contributed by atoms with Gasteiger partial charge < -0.3 is 9.94 Å². The van der Waals surface area contributed by atoms with Crippen LogP contribution >= 0.6 is 0 Å². The number of nitrogens with zero attached hydrogens (tertiary/aromatic N) is 1. The molecular weight excluding hydrogens is 213 g/mol. The van der Waals surface area contributed by atoms with Gasteiger partial charge in [0, 0.05) is 12.0 Å². The van der Waals surface area contributed by atoms with Crippen LogP contribution in [-0.4, -0.2) is 22.4 Å². The van der Waals surface area contributed by atoms with Gasteiger partial charge in [0.2, 0.25) is 5.60 Å². The van der Waals surface area contributed by atoms with E-state index in [1.807, 2.05) is 0 Å². The average molecular weight is 223 g/mol. The van der Waals surface area contributed by atoms with E-state index in [4.69, 9.17) is 9.94 Å². The van der Waals surface area contributed by atoms with Gasteiger partial charge in [0.15, 0.2) is 0 Å². The van der Waals surface area contributed by atoms with Gasteiger partial charge in [-0.05, 0) is 19.1 Å². The summed E-state index contributed by atoms with van der Waals surface area (Å²) in [6, 6.07) is 5.83. The van der Waals surface area contributed by atoms with Crippen LogP contribution in [0.1, 0.15) is 18.9 Å². The Balaban J connectivity index is 2.24. The van der Waals surface area contributed by atoms with Gasteiger partial charge in [0.25, 0.3) is 0 Å². The van der Waals surface area contributed by atoms with Crippen LogP contribution in [0.15, 0.2) is 29.4 Å². The highest BCUT2D eigenvalue weighted by Crippen LogP contribution is 2.26. The fourth-order valence-electron chi connectivity index (χ4n) is 1.48. The molecule has 0 fully saturated rings. The molecule has 0 radical (unpaired) electrons. The molecule has 0 aromatic heterocycles. The number of carbonyl (C=O) groups is 1. The van der Waals surface area contributed by atoms with Gasteiger partial charge in [-0.3, -0.25) is 0 Å². The van der Waals surface area contributed by atoms with E-state index in [-0.39, 0.29) is 12.2 Å². The Hall–Kier alpha value is -1.91. The smallest absolute Gasteiger partial charge is 0.351 e. The molecule has 1 atom stereocenters. The highest BCUT2D eigenvalue weighted by atomic mass is 19.1. The van der Waals surface area contributed by atoms with Crippen molar-refractivity contribution in [2.45, 2.75) is 18.9 Å². The minimum absolute atomic E-state index is 0.131. The van der Waals surface area contributed by atoms with Crippen molar-refractivity contribution in [3.8, 4) is 0 Å². The Bertz CT molecular complexity index is 472. The maximum atomic E-state index is 13.0. The third-order valence-electron chi connectivity index (χ3n) is 2.47. The first-order valence-corrected chi connectivity index (χ1v) is 4.76. The fourth-order valence-corrected chi connectivity index (χ4v) is 1.48. The molecule has 2 rings (SSSR count). The zero-order chi connectivity index (χ0) is 11.8. The van der Waals surface area contributed by atoms with Crippen LogP contribution in [0.3, 0.4) is 0 Å². The van der Waals surface area contributed by atoms with Crippen molar-refractivity contribution in [2.75, 3.05) is 0 Å². The first kappa shape index (κ1) is 10.6. The molecule has 16 heavy (non-hydrogen) atoms. The number of carboxylic acid groups (broad SMARTS) is 1. The molecule has 5 heteroatoms. The van der Waals surface area contributed by atoms with Crippen molar-refractivity contribution >= 4 is 11.7 Å². The Morgan fingerprint density at radius 1 is 1.62 bits per heavy atom. The lowest BCUT2D eigenvalue weighted by Crippen LogP contribution is -2.35. The van der Waals surface area contributed by atoms with E-state index in [9.17, 15) is 9.18 Å². The highest BCUT2D eigenvalue weighted by molar-refractivity contribution is 6.04. The van der Waals surface area contributed by atoms with E-state index in [1.54, 1.807) is 12.1 Å². The quantitative estimate of drug-likeness (QED) is 0.831. The normalized spacial score (nSPS) is 23.8. The van der Waals surface area contributed by atoms with E-state index >= 15 is 0 Å². The van der Waals surface area contributed by atoms with E-state index in [0.717, 1.165) is 0 Å². The van der Waals surface area contributed by atoms with Crippen molar-refractivity contribution in [2.24, 2.45) is 5.16 Å². The van der Waals surface area contributed by atoms with Gasteiger partial charge in [-0.1, -0.05) is 17.3 Å². The Morgan fingerprint density at radius 2 is 2.38 bits per heavy atom. The summed E-state index contributed by atoms with van der Waals surface area (Å²) in [6.45, 7) is 1.44. The molecule has 4 nitrogen and oxygen atoms in total. The van der Waals surface area contributed by atoms with Crippen LogP contribution < -0.4 is 0 Å². The van der Waals surface area contributed by atoms with Crippen molar-refractivity contribution < 1.29 is 19.1 Å². The van der Waals surface area contributed by atoms with Gasteiger partial charge in [0.1, 0.15) is 5.82 Å². The lowest BCUT2D eigenvalue weighted by molar-refractivity contribution is -0.160. The van der Waals surface area contributed by atoms with Crippen molar-refractivity contribution in [3.63, 3.8) is 0 Å². The predicted octanol–water partition coefficient (Wildman–Crippen LogP) is 1.79. The standard InChI is InChI=1S/C11H10FNO3/c1-11(10(14)15)6-9(13-16-11)7-3-2-4-8(12)5-7/h2-5H,6H2,1H3,(H,14,15). The van der Waals surface area contributed by atoms with Crippen LogP contribution in [0.25, 0.3) is 0 Å². The van der Waals surface area contributed by atoms with Crippen LogP contribution in [0.5, 0.6) is 0 Å². The summed E-state index contributed by atoms with van der Waals surface area (Å²) in [5.74, 6) is -1.47. The molecule has 0 saturated carbocycles. The molecule has 1 aliphatic heterocycles. The topological polar surface area (TPSA) is 58.9 Å². The number of hydrogen-bond donors (Lipinski definition) is 1. The lowest BCUT2D eigenvalue weighted by atomic mass is 9.96. The molecule has 0 bridgehead atoms. The summed E-state index contributed by atoms with van der Waals surface area (Å²) in [5, 5.41) is 12.6. The van der Waals surface area contributed by atoms with E-state index in [1.165, 1.54) is 19.1 Å². The number of carboxylic acids is 1. The SMILES string of the molecule is CC1(C(=O)O)CC(c2cccc(F)c2)=NO1. The summed E-state index contributed by atoms with van der Waals surface area (Å²) in [7, 11) is 0. The number of oxime groups is 1. The number of benzene rings is 1. The Labute approximate surface area is 91.3 Å². The second kappa shape index (κ2) is 3.59. The lowest BCUT2D eigenvalue weighted by Gasteiger charge is -2.14. The fraction of sp³-hybridized carbons (Fsp3) is 0.273. The van der Waals surface area contributed by atoms with Gasteiger partial charge in [-0.25, -0.2) is 9.18 Å². The molecule has 1 unspecified atom stereocenters. The Morgan fingerprint density at radius 3 is 2.94 bits per heavy atom. The van der Waals surface area contributed by atoms with Gasteiger partial charge in [0.05, 0.1) is 5.71 Å². The molecule has 1 aliphatic rings. The van der Waals surface area contributed by atoms with Crippen LogP contribution in [-0.2, 0) is 9.63 Å². The van der Waals surface area contributed by atoms with Gasteiger partial charge >= 0.3 is 5.97 Å². The summed E-state index contributed by atoms with van der Waals surface area (Å²) in [6.07, 6.45) is 0.131. The summed E-state index contributed by atoms with van der Waals surface area (Å²) >= 11 is 0. The van der Waals surface area contributed by atoms with E-state index < -0.39 is 11.6 Å². The van der Waals surface area contributed by atoms with E-state index in [2.05, 4.69) is 5.16 Å². The molecule has 1 aromatic carbocycles. The van der Waals surface area contributed by atoms with Crippen molar-refractivity contribution in [1.29, 1.82) is 0 Å². The zero-order valence-electron chi connectivity index (χ0n) is 8.61. The maximum Gasteiger partial charge on any atom is 0.351 e. The molecule has 0 aliphatic carbocycles. The zero-order valence-corrected chi connectivity index (χ0v) is 8.61. The molecule has 0 spiro atoms. The van der Waals surface area contributed by atoms with Crippen LogP contribution in [0.2, 0.25) is 0 Å². The van der Waals surface area contributed by atoms with Gasteiger partial charge in [-0.15, -0.1) is 0 Å². The second-order valence-electron chi connectivity index (χ2n) is 3.85. The first-order valence-electron chi connectivity index (χ1n) is 4.76. The molecule has 84 valence electrons. The van der Waals surface area contributed by atoms with Crippen LogP contribution in [0.4, 0.5) is 4.39 Å². The maximum absolute atomic E-state index is 13.0. The van der Waals surface area contributed by atoms with E-state index in [0.29, 0.717) is 11.3 Å². The summed E-state index contributed by atoms with van der Waals surface area (Å²) in [4.78, 5) is 15.8. The average Bonchev–Trinajstić information content (AvgIpc) is 2.62. The largest absolute Gasteiger partial charge is 0.478 e. The molecular formula is C11H10FNO3. The highest BCUT2D eigenvalue weighted by Gasteiger charge is 2.42. The molecule has 0 amide bonds. The number of hydrogen-bond acceptors (Lipinski definition) is 3. The number of rotatable bonds is 2. The predicted molar refractivity (Wildman–Crippen MR) is 54.7 cm³/mol. The Kier molecular flexibility index (Phi) is 2.38. The molecule has 0 saturated heterocycles. The molecule has 1 N–H and O–H groups in total. The van der Waals surface area contributed by atoms with Crippen molar-refractivity contribution in [3.05, 3.63) is 35.6 Å². The minimum atomic E-state index is -1.35. The molecule has 1 heterocycles. The third-order valence-corrected chi connectivity index (χ3v) is 2.47. The number of halogens is 1. The molecule has 1 aromatic rings. The van der Waals surface area contributed by atoms with Gasteiger partial charge in [-0.2, -0.15) is 0 Å². The first-order chi connectivity index (χ1) is 7.51. The monoisotopic (exact) mass is 223 g/mol. The summed E-state index contributed by atoms with van der Waals surface area (Å²) in [5.41, 5.74) is -0.351. The third kappa shape index (κ3) is 1.76. The second-order valence-corrected chi connectivity index (χ2v) is 3.85. The van der Waals surface area contributed by atoms with Crippen molar-refractivity contribution in [1.82, 2.24) is 0 Å². The summed E-state index contributed by atoms with van der Waals surface area (Å²) < 4.78 is 13.0.